The topological polar surface area (TPSA) is 93.3 Å². The highest BCUT2D eigenvalue weighted by Gasteiger charge is 2.20. The Morgan fingerprint density at radius 2 is 1.68 bits per heavy atom. The molecule has 2 aliphatic rings. The number of benzene rings is 1. The van der Waals surface area contributed by atoms with E-state index in [4.69, 9.17) is 4.98 Å². The van der Waals surface area contributed by atoms with E-state index in [2.05, 4.69) is 42.2 Å². The number of imidazole rings is 1. The van der Waals surface area contributed by atoms with E-state index in [0.717, 1.165) is 62.0 Å². The first-order chi connectivity index (χ1) is 15.2. The van der Waals surface area contributed by atoms with Crippen molar-refractivity contribution in [1.82, 2.24) is 24.8 Å². The molecule has 2 fully saturated rings. The Hall–Kier alpha value is -3.36. The minimum Gasteiger partial charge on any atom is -0.368 e. The SMILES string of the molecule is CC(=O)N1CCN(c2ccc(Nc3nc(N4CCCCC4)c4[nH]cnc4n3)cc2)CC1. The third-order valence-corrected chi connectivity index (χ3v) is 6.14. The number of carbonyl (C=O) groups excluding carboxylic acids is 1. The van der Waals surface area contributed by atoms with Crippen LogP contribution in [-0.4, -0.2) is 70.0 Å². The van der Waals surface area contributed by atoms with Crippen molar-refractivity contribution in [2.24, 2.45) is 0 Å². The van der Waals surface area contributed by atoms with Crippen molar-refractivity contribution in [1.29, 1.82) is 0 Å². The first-order valence-corrected chi connectivity index (χ1v) is 11.0. The van der Waals surface area contributed by atoms with Crippen molar-refractivity contribution >= 4 is 40.2 Å². The fourth-order valence-corrected chi connectivity index (χ4v) is 4.37. The summed E-state index contributed by atoms with van der Waals surface area (Å²) in [4.78, 5) is 35.0. The molecule has 0 radical (unpaired) electrons. The number of carbonyl (C=O) groups is 1. The molecule has 2 aliphatic heterocycles. The number of hydrogen-bond donors (Lipinski definition) is 2. The molecule has 2 saturated heterocycles. The molecule has 2 N–H and O–H groups in total. The summed E-state index contributed by atoms with van der Waals surface area (Å²) in [6, 6.07) is 8.30. The molecule has 31 heavy (non-hydrogen) atoms. The molecule has 0 unspecified atom stereocenters. The summed E-state index contributed by atoms with van der Waals surface area (Å²) in [5.74, 6) is 1.63. The number of fused-ring (bicyclic) bond motifs is 1. The second-order valence-electron chi connectivity index (χ2n) is 8.18. The maximum absolute atomic E-state index is 11.5. The molecule has 5 rings (SSSR count). The molecular formula is C22H28N8O. The van der Waals surface area contributed by atoms with Crippen LogP contribution >= 0.6 is 0 Å². The lowest BCUT2D eigenvalue weighted by atomic mass is 10.1. The minimum absolute atomic E-state index is 0.150. The summed E-state index contributed by atoms with van der Waals surface area (Å²) in [6.45, 7) is 6.90. The van der Waals surface area contributed by atoms with Crippen molar-refractivity contribution in [2.45, 2.75) is 26.2 Å². The molecule has 0 aliphatic carbocycles. The summed E-state index contributed by atoms with van der Waals surface area (Å²) in [7, 11) is 0. The highest BCUT2D eigenvalue weighted by atomic mass is 16.2. The van der Waals surface area contributed by atoms with Crippen LogP contribution in [-0.2, 0) is 4.79 Å². The average Bonchev–Trinajstić information content (AvgIpc) is 3.28. The highest BCUT2D eigenvalue weighted by Crippen LogP contribution is 2.27. The van der Waals surface area contributed by atoms with Gasteiger partial charge in [-0.05, 0) is 43.5 Å². The Balaban J connectivity index is 1.31. The van der Waals surface area contributed by atoms with Gasteiger partial charge in [0.2, 0.25) is 11.9 Å². The first kappa shape index (κ1) is 19.6. The maximum Gasteiger partial charge on any atom is 0.231 e. The molecule has 3 aromatic rings. The number of piperidine rings is 1. The van der Waals surface area contributed by atoms with Crippen LogP contribution in [0.15, 0.2) is 30.6 Å². The van der Waals surface area contributed by atoms with Crippen molar-refractivity contribution in [3.05, 3.63) is 30.6 Å². The molecular weight excluding hydrogens is 392 g/mol. The van der Waals surface area contributed by atoms with Crippen LogP contribution < -0.4 is 15.1 Å². The normalized spacial score (nSPS) is 17.3. The lowest BCUT2D eigenvalue weighted by Crippen LogP contribution is -2.48. The molecule has 0 atom stereocenters. The highest BCUT2D eigenvalue weighted by molar-refractivity contribution is 5.84. The van der Waals surface area contributed by atoms with E-state index in [1.165, 1.54) is 19.3 Å². The molecule has 1 amide bonds. The standard InChI is InChI=1S/C22H28N8O/c1-16(31)28-11-13-29(14-12-28)18-7-5-17(6-8-18)25-22-26-20-19(23-15-24-20)21(27-22)30-9-3-2-4-10-30/h5-8,15H,2-4,9-14H2,1H3,(H2,23,24,25,26,27). The lowest BCUT2D eigenvalue weighted by molar-refractivity contribution is -0.129. The quantitative estimate of drug-likeness (QED) is 0.670. The van der Waals surface area contributed by atoms with Crippen molar-refractivity contribution in [3.63, 3.8) is 0 Å². The van der Waals surface area contributed by atoms with Gasteiger partial charge in [-0.1, -0.05) is 0 Å². The Bertz CT molecular complexity index is 1050. The number of piperazine rings is 1. The van der Waals surface area contributed by atoms with Crippen LogP contribution in [0, 0.1) is 0 Å². The van der Waals surface area contributed by atoms with Gasteiger partial charge in [0.25, 0.3) is 0 Å². The number of nitrogens with zero attached hydrogens (tertiary/aromatic N) is 6. The van der Waals surface area contributed by atoms with Crippen LogP contribution in [0.1, 0.15) is 26.2 Å². The van der Waals surface area contributed by atoms with Crippen LogP contribution in [0.2, 0.25) is 0 Å². The fourth-order valence-electron chi connectivity index (χ4n) is 4.37. The largest absolute Gasteiger partial charge is 0.368 e. The Kier molecular flexibility index (Phi) is 5.31. The molecule has 0 spiro atoms. The Labute approximate surface area is 181 Å². The third-order valence-electron chi connectivity index (χ3n) is 6.14. The van der Waals surface area contributed by atoms with Crippen molar-refractivity contribution in [3.8, 4) is 0 Å². The lowest BCUT2D eigenvalue weighted by Gasteiger charge is -2.35. The van der Waals surface area contributed by atoms with Gasteiger partial charge in [0.1, 0.15) is 5.52 Å². The molecule has 0 saturated carbocycles. The number of aromatic amines is 1. The summed E-state index contributed by atoms with van der Waals surface area (Å²) in [5.41, 5.74) is 3.67. The average molecular weight is 421 g/mol. The van der Waals surface area contributed by atoms with Gasteiger partial charge in [0, 0.05) is 57.6 Å². The van der Waals surface area contributed by atoms with E-state index >= 15 is 0 Å². The first-order valence-electron chi connectivity index (χ1n) is 11.0. The molecule has 4 heterocycles. The van der Waals surface area contributed by atoms with E-state index in [1.807, 2.05) is 17.0 Å². The van der Waals surface area contributed by atoms with Gasteiger partial charge in [0.05, 0.1) is 6.33 Å². The molecule has 1 aromatic carbocycles. The second-order valence-corrected chi connectivity index (χ2v) is 8.18. The monoisotopic (exact) mass is 420 g/mol. The van der Waals surface area contributed by atoms with Gasteiger partial charge < -0.3 is 25.0 Å². The number of hydrogen-bond acceptors (Lipinski definition) is 7. The summed E-state index contributed by atoms with van der Waals surface area (Å²) < 4.78 is 0. The van der Waals surface area contributed by atoms with E-state index in [0.29, 0.717) is 11.6 Å². The fraction of sp³-hybridized carbons (Fsp3) is 0.455. The number of amides is 1. The van der Waals surface area contributed by atoms with Gasteiger partial charge in [-0.15, -0.1) is 0 Å². The number of nitrogens with one attached hydrogen (secondary N) is 2. The number of anilines is 4. The zero-order valence-electron chi connectivity index (χ0n) is 17.8. The van der Waals surface area contributed by atoms with Crippen molar-refractivity contribution < 1.29 is 4.79 Å². The summed E-state index contributed by atoms with van der Waals surface area (Å²) >= 11 is 0. The number of rotatable bonds is 4. The van der Waals surface area contributed by atoms with Gasteiger partial charge in [-0.3, -0.25) is 4.79 Å². The predicted octanol–water partition coefficient (Wildman–Crippen LogP) is 2.76. The van der Waals surface area contributed by atoms with E-state index < -0.39 is 0 Å². The maximum atomic E-state index is 11.5. The minimum atomic E-state index is 0.150. The number of aromatic nitrogens is 4. The van der Waals surface area contributed by atoms with E-state index in [1.54, 1.807) is 13.3 Å². The van der Waals surface area contributed by atoms with Crippen LogP contribution in [0.4, 0.5) is 23.1 Å². The molecule has 2 aromatic heterocycles. The predicted molar refractivity (Wildman–Crippen MR) is 122 cm³/mol. The summed E-state index contributed by atoms with van der Waals surface area (Å²) in [6.07, 6.45) is 5.32. The Morgan fingerprint density at radius 1 is 0.935 bits per heavy atom. The van der Waals surface area contributed by atoms with Crippen LogP contribution in [0.3, 0.4) is 0 Å². The van der Waals surface area contributed by atoms with E-state index in [-0.39, 0.29) is 5.91 Å². The molecule has 0 bridgehead atoms. The van der Waals surface area contributed by atoms with Gasteiger partial charge >= 0.3 is 0 Å². The van der Waals surface area contributed by atoms with Crippen LogP contribution in [0.5, 0.6) is 0 Å². The number of H-pyrrole nitrogens is 1. The summed E-state index contributed by atoms with van der Waals surface area (Å²) in [5, 5.41) is 3.34. The smallest absolute Gasteiger partial charge is 0.231 e. The van der Waals surface area contributed by atoms with Gasteiger partial charge in [0.15, 0.2) is 11.5 Å². The van der Waals surface area contributed by atoms with Gasteiger partial charge in [-0.25, -0.2) is 4.98 Å². The molecule has 9 nitrogen and oxygen atoms in total. The zero-order valence-corrected chi connectivity index (χ0v) is 17.8. The third kappa shape index (κ3) is 4.12. The molecule has 9 heteroatoms. The van der Waals surface area contributed by atoms with E-state index in [9.17, 15) is 4.79 Å². The second kappa shape index (κ2) is 8.41. The Morgan fingerprint density at radius 3 is 2.39 bits per heavy atom. The zero-order chi connectivity index (χ0) is 21.2. The van der Waals surface area contributed by atoms with Gasteiger partial charge in [-0.2, -0.15) is 9.97 Å². The van der Waals surface area contributed by atoms with Crippen molar-refractivity contribution in [2.75, 3.05) is 54.4 Å². The molecule has 162 valence electrons. The van der Waals surface area contributed by atoms with Crippen LogP contribution in [0.25, 0.3) is 11.2 Å².